The predicted octanol–water partition coefficient (Wildman–Crippen LogP) is 3.16. The molecule has 1 aliphatic carbocycles. The molecule has 10 nitrogen and oxygen atoms in total. The minimum absolute atomic E-state index is 0.0123. The number of ketones is 1. The Kier molecular flexibility index (Phi) is 14.2. The lowest BCUT2D eigenvalue weighted by Gasteiger charge is -2.57. The van der Waals surface area contributed by atoms with Crippen molar-refractivity contribution in [3.63, 3.8) is 0 Å². The van der Waals surface area contributed by atoms with Crippen molar-refractivity contribution in [2.75, 3.05) is 26.2 Å². The average molecular weight is 653 g/mol. The highest BCUT2D eigenvalue weighted by atomic mass is 16.2. The number of unbranched alkanes of at least 4 members (excludes halogenated alkanes) is 1. The van der Waals surface area contributed by atoms with Crippen molar-refractivity contribution in [2.24, 2.45) is 29.2 Å². The van der Waals surface area contributed by atoms with Crippen molar-refractivity contribution in [3.05, 3.63) is 35.9 Å². The molecule has 3 heterocycles. The molecule has 5 rings (SSSR count). The van der Waals surface area contributed by atoms with Gasteiger partial charge in [0.05, 0.1) is 12.1 Å². The van der Waals surface area contributed by atoms with E-state index in [0.717, 1.165) is 76.6 Å². The number of likely N-dealkylation sites (N-methyl/N-ethyl adjacent to an activating group) is 1. The average Bonchev–Trinajstić information content (AvgIpc) is 3.06. The third-order valence-corrected chi connectivity index (χ3v) is 10.5. The number of hydrogen-bond donors (Lipinski definition) is 4. The van der Waals surface area contributed by atoms with E-state index in [-0.39, 0.29) is 53.8 Å². The van der Waals surface area contributed by atoms with Crippen molar-refractivity contribution < 1.29 is 19.2 Å². The van der Waals surface area contributed by atoms with E-state index in [1.165, 1.54) is 0 Å². The molecule has 1 aromatic rings. The molecule has 2 bridgehead atoms. The number of carbonyl (C=O) groups is 4. The zero-order valence-corrected chi connectivity index (χ0v) is 29.0. The molecule has 1 saturated carbocycles. The number of nitrogens with zero attached hydrogens (tertiary/aromatic N) is 2. The fourth-order valence-corrected chi connectivity index (χ4v) is 7.91. The first-order valence-corrected chi connectivity index (χ1v) is 18.3. The maximum atomic E-state index is 14.1. The Labute approximate surface area is 282 Å². The summed E-state index contributed by atoms with van der Waals surface area (Å²) >= 11 is 0. The molecule has 1 aromatic carbocycles. The summed E-state index contributed by atoms with van der Waals surface area (Å²) in [5.41, 5.74) is 13.1. The zero-order chi connectivity index (χ0) is 33.9. The van der Waals surface area contributed by atoms with Crippen molar-refractivity contribution >= 4 is 23.5 Å². The van der Waals surface area contributed by atoms with Crippen LogP contribution in [0.3, 0.4) is 0 Å². The topological polar surface area (TPSA) is 151 Å². The van der Waals surface area contributed by atoms with Gasteiger partial charge in [0, 0.05) is 37.5 Å². The summed E-state index contributed by atoms with van der Waals surface area (Å²) in [5.74, 6) is -1.14. The van der Waals surface area contributed by atoms with Gasteiger partial charge in [0.1, 0.15) is 6.04 Å². The number of nitrogens with one attached hydrogen (secondary N) is 2. The molecule has 0 spiro atoms. The summed E-state index contributed by atoms with van der Waals surface area (Å²) in [6.45, 7) is 9.47. The molecule has 3 amide bonds. The monoisotopic (exact) mass is 652 g/mol. The van der Waals surface area contributed by atoms with Crippen LogP contribution in [0.2, 0.25) is 0 Å². The van der Waals surface area contributed by atoms with E-state index in [2.05, 4.69) is 22.5 Å². The summed E-state index contributed by atoms with van der Waals surface area (Å²) in [6, 6.07) is 7.91. The Balaban J connectivity index is 1.46. The highest BCUT2D eigenvalue weighted by Crippen LogP contribution is 2.33. The van der Waals surface area contributed by atoms with Gasteiger partial charge < -0.3 is 27.0 Å². The Morgan fingerprint density at radius 1 is 0.936 bits per heavy atom. The van der Waals surface area contributed by atoms with Crippen LogP contribution in [-0.4, -0.2) is 89.7 Å². The number of rotatable bonds is 18. The summed E-state index contributed by atoms with van der Waals surface area (Å²) in [7, 11) is 0. The summed E-state index contributed by atoms with van der Waals surface area (Å²) in [6.07, 6.45) is 8.82. The first kappa shape index (κ1) is 37.0. The number of hydrogen-bond acceptors (Lipinski definition) is 7. The molecule has 10 heteroatoms. The number of benzene rings is 1. The molecule has 4 fully saturated rings. The largest absolute Gasteiger partial charge is 0.345 e. The van der Waals surface area contributed by atoms with Crippen molar-refractivity contribution in [1.29, 1.82) is 0 Å². The third kappa shape index (κ3) is 10.3. The Hall–Kier alpha value is -2.82. The quantitative estimate of drug-likeness (QED) is 0.178. The maximum absolute atomic E-state index is 14.1. The van der Waals surface area contributed by atoms with E-state index < -0.39 is 24.0 Å². The first-order chi connectivity index (χ1) is 22.6. The SMILES string of the molecule is CCN1CC2CC(C1)N2C(=O)C(CCCCN)NC(=O)C(CC(=O)C(NC(=O)C(N)Cc1ccccc1)C1CCCCC1)CC(C)C. The van der Waals surface area contributed by atoms with Crippen molar-refractivity contribution in [1.82, 2.24) is 20.4 Å². The summed E-state index contributed by atoms with van der Waals surface area (Å²) < 4.78 is 0. The van der Waals surface area contributed by atoms with Crippen LogP contribution >= 0.6 is 0 Å². The number of piperazine rings is 1. The van der Waals surface area contributed by atoms with Gasteiger partial charge in [0.2, 0.25) is 17.7 Å². The molecule has 3 aliphatic heterocycles. The summed E-state index contributed by atoms with van der Waals surface area (Å²) in [4.78, 5) is 59.7. The van der Waals surface area contributed by atoms with Crippen LogP contribution in [0, 0.1) is 17.8 Å². The maximum Gasteiger partial charge on any atom is 0.245 e. The molecule has 4 aliphatic rings. The summed E-state index contributed by atoms with van der Waals surface area (Å²) in [5, 5.41) is 6.15. The molecule has 3 saturated heterocycles. The van der Waals surface area contributed by atoms with E-state index in [9.17, 15) is 19.2 Å². The van der Waals surface area contributed by atoms with E-state index in [1.807, 2.05) is 49.1 Å². The number of carbonyl (C=O) groups excluding carboxylic acids is 4. The Morgan fingerprint density at radius 2 is 1.62 bits per heavy atom. The minimum Gasteiger partial charge on any atom is -0.345 e. The van der Waals surface area contributed by atoms with Gasteiger partial charge >= 0.3 is 0 Å². The molecule has 6 N–H and O–H groups in total. The zero-order valence-electron chi connectivity index (χ0n) is 29.0. The molecule has 6 unspecified atom stereocenters. The number of nitrogens with two attached hydrogens (primary N) is 2. The van der Waals surface area contributed by atoms with E-state index >= 15 is 0 Å². The normalized spacial score (nSPS) is 22.6. The lowest BCUT2D eigenvalue weighted by atomic mass is 9.79. The molecular weight excluding hydrogens is 592 g/mol. The van der Waals surface area contributed by atoms with Gasteiger partial charge in [-0.25, -0.2) is 0 Å². The fourth-order valence-electron chi connectivity index (χ4n) is 7.91. The van der Waals surface area contributed by atoms with Gasteiger partial charge in [-0.05, 0) is 81.9 Å². The van der Waals surface area contributed by atoms with Crippen LogP contribution in [0.5, 0.6) is 0 Å². The standard InChI is InChI=1S/C37H60N6O4/c1-4-42-23-29-22-30(24-42)43(29)37(47)32(17-11-12-18-38)40-35(45)28(19-25(2)3)21-33(44)34(27-15-9-6-10-16-27)41-36(46)31(39)20-26-13-7-5-8-14-26/h5,7-8,13-14,25,27-32,34H,4,6,9-12,15-24,38-39H2,1-3H3,(H,40,45)(H,41,46). The molecule has 262 valence electrons. The lowest BCUT2D eigenvalue weighted by Crippen LogP contribution is -2.72. The van der Waals surface area contributed by atoms with Crippen LogP contribution < -0.4 is 22.1 Å². The van der Waals surface area contributed by atoms with Crippen LogP contribution in [0.1, 0.15) is 97.0 Å². The highest BCUT2D eigenvalue weighted by molar-refractivity contribution is 5.95. The lowest BCUT2D eigenvalue weighted by molar-refractivity contribution is -0.157. The second-order valence-electron chi connectivity index (χ2n) is 14.7. The fraction of sp³-hybridized carbons (Fsp3) is 0.730. The van der Waals surface area contributed by atoms with Gasteiger partial charge in [-0.15, -0.1) is 0 Å². The van der Waals surface area contributed by atoms with Gasteiger partial charge in [0.25, 0.3) is 0 Å². The van der Waals surface area contributed by atoms with Crippen molar-refractivity contribution in [2.45, 2.75) is 128 Å². The van der Waals surface area contributed by atoms with Gasteiger partial charge in [-0.1, -0.05) is 70.4 Å². The van der Waals surface area contributed by atoms with E-state index in [4.69, 9.17) is 11.5 Å². The number of piperidine rings is 1. The number of fused-ring (bicyclic) bond motifs is 2. The predicted molar refractivity (Wildman–Crippen MR) is 185 cm³/mol. The first-order valence-electron chi connectivity index (χ1n) is 18.3. The molecule has 6 atom stereocenters. The molecular formula is C37H60N6O4. The second kappa shape index (κ2) is 18.1. The number of amides is 3. The molecule has 0 radical (unpaired) electrons. The van der Waals surface area contributed by atoms with Crippen LogP contribution in [0.15, 0.2) is 30.3 Å². The van der Waals surface area contributed by atoms with Crippen LogP contribution in [0.4, 0.5) is 0 Å². The van der Waals surface area contributed by atoms with Crippen LogP contribution in [-0.2, 0) is 25.6 Å². The van der Waals surface area contributed by atoms with Crippen molar-refractivity contribution in [3.8, 4) is 0 Å². The highest BCUT2D eigenvalue weighted by Gasteiger charge is 2.48. The third-order valence-electron chi connectivity index (χ3n) is 10.5. The molecule has 47 heavy (non-hydrogen) atoms. The Morgan fingerprint density at radius 3 is 2.23 bits per heavy atom. The van der Waals surface area contributed by atoms with Gasteiger partial charge in [-0.2, -0.15) is 0 Å². The van der Waals surface area contributed by atoms with E-state index in [1.54, 1.807) is 0 Å². The minimum atomic E-state index is -0.781. The van der Waals surface area contributed by atoms with Gasteiger partial charge in [-0.3, -0.25) is 24.1 Å². The Bertz CT molecular complexity index is 1160. The molecule has 0 aromatic heterocycles. The number of Topliss-reactive ketones (excluding diaryl/α,β-unsaturated/α-hetero) is 1. The smallest absolute Gasteiger partial charge is 0.245 e. The van der Waals surface area contributed by atoms with Gasteiger partial charge in [0.15, 0.2) is 5.78 Å². The van der Waals surface area contributed by atoms with Crippen LogP contribution in [0.25, 0.3) is 0 Å². The second-order valence-corrected chi connectivity index (χ2v) is 14.7. The van der Waals surface area contributed by atoms with E-state index in [0.29, 0.717) is 25.8 Å².